The van der Waals surface area contributed by atoms with Crippen LogP contribution in [0.25, 0.3) is 55.6 Å². The minimum absolute atomic E-state index is 0.0710. The highest BCUT2D eigenvalue weighted by molar-refractivity contribution is 5.97. The van der Waals surface area contributed by atoms with Gasteiger partial charge in [-0.3, -0.25) is 9.97 Å². The second kappa shape index (κ2) is 16.1. The van der Waals surface area contributed by atoms with E-state index in [-0.39, 0.29) is 29.0 Å². The summed E-state index contributed by atoms with van der Waals surface area (Å²) in [6, 6.07) is 21.7. The molecule has 0 saturated heterocycles. The van der Waals surface area contributed by atoms with Crippen molar-refractivity contribution in [2.24, 2.45) is 0 Å². The van der Waals surface area contributed by atoms with Crippen LogP contribution in [0.4, 0.5) is 20.4 Å². The molecule has 5 N–H and O–H groups in total. The Morgan fingerprint density at radius 2 is 1.29 bits per heavy atom. The van der Waals surface area contributed by atoms with E-state index in [9.17, 15) is 23.5 Å². The van der Waals surface area contributed by atoms with Crippen molar-refractivity contribution in [2.75, 3.05) is 23.7 Å². The van der Waals surface area contributed by atoms with Crippen LogP contribution in [0.5, 0.6) is 0 Å². The molecule has 0 aliphatic carbocycles. The molecule has 0 bridgehead atoms. The number of aromatic amines is 2. The molecule has 0 atom stereocenters. The number of pyridine rings is 2. The predicted octanol–water partition coefficient (Wildman–Crippen LogP) is 7.50. The number of anilines is 2. The molecule has 10 rings (SSSR count). The number of esters is 1. The number of halogens is 2. The Hall–Kier alpha value is -8.54. The minimum Gasteiger partial charge on any atom is -0.477 e. The van der Waals surface area contributed by atoms with Crippen LogP contribution in [0, 0.1) is 11.6 Å². The molecule has 0 aliphatic heterocycles. The molecule has 0 amide bonds. The Balaban J connectivity index is 0.908. The Labute approximate surface area is 354 Å². The van der Waals surface area contributed by atoms with Gasteiger partial charge in [-0.1, -0.05) is 36.4 Å². The Morgan fingerprint density at radius 3 is 1.94 bits per heavy atom. The maximum Gasteiger partial charge on any atom is 0.344 e. The molecule has 0 aliphatic rings. The molecule has 0 saturated carbocycles. The fourth-order valence-corrected chi connectivity index (χ4v) is 7.73. The van der Waals surface area contributed by atoms with Crippen molar-refractivity contribution in [3.63, 3.8) is 0 Å². The number of carboxylic acid groups (broad SMARTS) is 1. The molecule has 18 heteroatoms. The molecular weight excluding hydrogens is 811 g/mol. The van der Waals surface area contributed by atoms with Crippen LogP contribution in [0.3, 0.4) is 0 Å². The van der Waals surface area contributed by atoms with Crippen molar-refractivity contribution >= 4 is 56.7 Å². The van der Waals surface area contributed by atoms with Crippen LogP contribution >= 0.6 is 0 Å². The van der Waals surface area contributed by atoms with Crippen molar-refractivity contribution in [2.45, 2.75) is 19.4 Å². The average molecular weight is 845 g/mol. The van der Waals surface area contributed by atoms with Gasteiger partial charge in [-0.25, -0.2) is 28.3 Å². The molecule has 63 heavy (non-hydrogen) atoms. The third-order valence-corrected chi connectivity index (χ3v) is 10.7. The topological polar surface area (TPSA) is 205 Å². The summed E-state index contributed by atoms with van der Waals surface area (Å²) in [5.74, 6) is -2.04. The van der Waals surface area contributed by atoms with Gasteiger partial charge in [0, 0.05) is 76.7 Å². The third-order valence-electron chi connectivity index (χ3n) is 10.7. The van der Waals surface area contributed by atoms with Gasteiger partial charge < -0.3 is 30.4 Å². The number of H-pyrrole nitrogens is 2. The molecule has 2 aromatic carbocycles. The first-order valence-electron chi connectivity index (χ1n) is 19.8. The number of nitrogens with one attached hydrogen (secondary N) is 4. The summed E-state index contributed by atoms with van der Waals surface area (Å²) in [6.07, 6.45) is 10.8. The molecule has 0 unspecified atom stereocenters. The molecule has 8 heterocycles. The monoisotopic (exact) mass is 844 g/mol. The van der Waals surface area contributed by atoms with E-state index in [1.165, 1.54) is 46.0 Å². The summed E-state index contributed by atoms with van der Waals surface area (Å²) < 4.78 is 37.4. The Morgan fingerprint density at radius 1 is 0.698 bits per heavy atom. The van der Waals surface area contributed by atoms with Crippen molar-refractivity contribution in [3.8, 4) is 22.5 Å². The number of carboxylic acids is 1. The fourth-order valence-electron chi connectivity index (χ4n) is 7.73. The number of nitrogens with zero attached hydrogens (tertiary/aromatic N) is 8. The van der Waals surface area contributed by atoms with Gasteiger partial charge in [-0.2, -0.15) is 19.2 Å². The highest BCUT2D eigenvalue weighted by Gasteiger charge is 2.22. The number of benzene rings is 2. The molecular formula is C45H34F2N12O4. The van der Waals surface area contributed by atoms with Gasteiger partial charge in [0.05, 0.1) is 41.9 Å². The molecule has 16 nitrogen and oxygen atoms in total. The first-order valence-corrected chi connectivity index (χ1v) is 19.8. The van der Waals surface area contributed by atoms with E-state index in [0.29, 0.717) is 65.8 Å². The number of aromatic nitrogens is 10. The van der Waals surface area contributed by atoms with E-state index in [1.807, 2.05) is 48.7 Å². The largest absolute Gasteiger partial charge is 0.477 e. The van der Waals surface area contributed by atoms with E-state index < -0.39 is 23.6 Å². The average Bonchev–Trinajstić information content (AvgIpc) is 4.10. The number of hydrogen-bond donors (Lipinski definition) is 5. The number of carbonyl (C=O) groups excluding carboxylic acids is 1. The van der Waals surface area contributed by atoms with Crippen LogP contribution in [-0.2, 0) is 24.2 Å². The van der Waals surface area contributed by atoms with Crippen molar-refractivity contribution < 1.29 is 28.2 Å². The molecule has 312 valence electrons. The van der Waals surface area contributed by atoms with Gasteiger partial charge in [0.15, 0.2) is 11.3 Å². The van der Waals surface area contributed by atoms with Crippen molar-refractivity contribution in [1.29, 1.82) is 0 Å². The number of ether oxygens (including phenoxy) is 1. The van der Waals surface area contributed by atoms with Crippen LogP contribution in [0.2, 0.25) is 0 Å². The summed E-state index contributed by atoms with van der Waals surface area (Å²) in [4.78, 5) is 49.8. The first kappa shape index (κ1) is 38.6. The summed E-state index contributed by atoms with van der Waals surface area (Å²) >= 11 is 0. The van der Waals surface area contributed by atoms with Gasteiger partial charge in [0.2, 0.25) is 0 Å². The predicted molar refractivity (Wildman–Crippen MR) is 229 cm³/mol. The lowest BCUT2D eigenvalue weighted by Gasteiger charge is -2.12. The molecule has 0 fully saturated rings. The lowest BCUT2D eigenvalue weighted by atomic mass is 10.1. The van der Waals surface area contributed by atoms with Gasteiger partial charge in [0.1, 0.15) is 41.0 Å². The fraction of sp³-hybridized carbons (Fsp3) is 0.111. The van der Waals surface area contributed by atoms with E-state index in [0.717, 1.165) is 45.3 Å². The number of rotatable bonds is 14. The van der Waals surface area contributed by atoms with Crippen molar-refractivity contribution in [1.82, 2.24) is 49.1 Å². The highest BCUT2D eigenvalue weighted by Crippen LogP contribution is 2.29. The molecule has 0 spiro atoms. The summed E-state index contributed by atoms with van der Waals surface area (Å²) in [7, 11) is 0. The second-order valence-corrected chi connectivity index (χ2v) is 14.6. The zero-order valence-electron chi connectivity index (χ0n) is 33.0. The Bertz CT molecular complexity index is 3370. The number of fused-ring (bicyclic) bond motifs is 4. The van der Waals surface area contributed by atoms with Gasteiger partial charge in [-0.15, -0.1) is 0 Å². The highest BCUT2D eigenvalue weighted by atomic mass is 19.1. The van der Waals surface area contributed by atoms with Crippen molar-refractivity contribution in [3.05, 3.63) is 156 Å². The number of aromatic carboxylic acids is 1. The van der Waals surface area contributed by atoms with Gasteiger partial charge >= 0.3 is 11.9 Å². The van der Waals surface area contributed by atoms with Gasteiger partial charge in [0.25, 0.3) is 0 Å². The van der Waals surface area contributed by atoms with Crippen LogP contribution < -0.4 is 10.6 Å². The SMILES string of the molecule is O=C(O)c1cnn2c(NCCc3c(COC(=O)c4cnn5c(NCCc6c[nH]c7ccccc67)cc(-c6cncc(F)c6)nc45)[nH]c4ccccc34)cc(-c3cncc(F)c3)nc12. The third kappa shape index (κ3) is 7.49. The summed E-state index contributed by atoms with van der Waals surface area (Å²) in [6.45, 7) is 0.722. The second-order valence-electron chi connectivity index (χ2n) is 14.6. The maximum absolute atomic E-state index is 14.4. The zero-order valence-corrected chi connectivity index (χ0v) is 33.0. The molecule has 0 radical (unpaired) electrons. The molecule has 10 aromatic rings. The normalized spacial score (nSPS) is 11.5. The lowest BCUT2D eigenvalue weighted by molar-refractivity contribution is 0.0469. The summed E-state index contributed by atoms with van der Waals surface area (Å²) in [5, 5.41) is 27.4. The van der Waals surface area contributed by atoms with Crippen LogP contribution in [0.1, 0.15) is 37.5 Å². The zero-order chi connectivity index (χ0) is 43.0. The van der Waals surface area contributed by atoms with E-state index >= 15 is 0 Å². The Kier molecular flexibility index (Phi) is 9.90. The minimum atomic E-state index is -1.21. The first-order chi connectivity index (χ1) is 30.8. The quantitative estimate of drug-likeness (QED) is 0.0675. The summed E-state index contributed by atoms with van der Waals surface area (Å²) in [5.41, 5.74) is 6.24. The number of carbonyl (C=O) groups is 2. The smallest absolute Gasteiger partial charge is 0.344 e. The maximum atomic E-state index is 14.4. The number of para-hydroxylation sites is 2. The number of hydrogen-bond acceptors (Lipinski definition) is 11. The van der Waals surface area contributed by atoms with Crippen LogP contribution in [0.15, 0.2) is 116 Å². The molecule has 8 aromatic heterocycles. The van der Waals surface area contributed by atoms with E-state index in [1.54, 1.807) is 12.1 Å². The van der Waals surface area contributed by atoms with E-state index in [4.69, 9.17) is 9.72 Å². The lowest BCUT2D eigenvalue weighted by Crippen LogP contribution is -2.12. The van der Waals surface area contributed by atoms with Gasteiger partial charge in [-0.05, 0) is 48.2 Å². The van der Waals surface area contributed by atoms with E-state index in [2.05, 4.69) is 51.8 Å². The van der Waals surface area contributed by atoms with Crippen LogP contribution in [-0.4, -0.2) is 79.3 Å². The standard InChI is InChI=1S/C45H34F2N12O4/c46-28-13-26(17-48-20-28)37-15-41(58-42(56-37)33(22-53-58)44(60)61)51-12-10-32-31-6-2-4-8-36(31)55-39(32)24-63-45(62)34-23-54-59-40(16-38(57-43(34)59)27-14-29(47)21-49-18-27)50-11-9-25-19-52-35-7-3-1-5-30(25)35/h1-8,13-23,50-52,55H,9-12,24H2,(H,60,61).